The zero-order valence-corrected chi connectivity index (χ0v) is 11.5. The van der Waals surface area contributed by atoms with Crippen LogP contribution in [0.15, 0.2) is 18.2 Å². The maximum atomic E-state index is 6.11. The lowest BCUT2D eigenvalue weighted by Gasteiger charge is -2.28. The van der Waals surface area contributed by atoms with E-state index < -0.39 is 0 Å². The Morgan fingerprint density at radius 1 is 1.33 bits per heavy atom. The predicted octanol–water partition coefficient (Wildman–Crippen LogP) is 3.40. The van der Waals surface area contributed by atoms with Crippen molar-refractivity contribution in [2.45, 2.75) is 44.5 Å². The number of nitrogen functional groups attached to an aromatic ring is 1. The van der Waals surface area contributed by atoms with E-state index in [-0.39, 0.29) is 6.10 Å². The van der Waals surface area contributed by atoms with Gasteiger partial charge in [0.15, 0.2) is 0 Å². The molecule has 0 radical (unpaired) electrons. The molecule has 0 aliphatic heterocycles. The highest BCUT2D eigenvalue weighted by Crippen LogP contribution is 2.26. The van der Waals surface area contributed by atoms with Crippen LogP contribution in [0.2, 0.25) is 5.02 Å². The molecule has 0 bridgehead atoms. The molecular weight excluding hydrogens is 250 g/mol. The van der Waals surface area contributed by atoms with Crippen LogP contribution in [-0.4, -0.2) is 19.3 Å². The summed E-state index contributed by atoms with van der Waals surface area (Å²) in [6, 6.07) is 5.49. The fraction of sp³-hybridized carbons (Fsp3) is 0.571. The topological polar surface area (TPSA) is 44.5 Å². The molecule has 1 aromatic rings. The number of hydrogen-bond donors (Lipinski definition) is 1. The van der Waals surface area contributed by atoms with Crippen LogP contribution in [0.1, 0.15) is 31.2 Å². The van der Waals surface area contributed by atoms with Gasteiger partial charge in [-0.1, -0.05) is 11.6 Å². The number of halogens is 1. The third kappa shape index (κ3) is 3.61. The lowest BCUT2D eigenvalue weighted by molar-refractivity contribution is -0.0363. The molecule has 0 saturated heterocycles. The first kappa shape index (κ1) is 13.7. The van der Waals surface area contributed by atoms with E-state index in [0.29, 0.717) is 17.7 Å². The highest BCUT2D eigenvalue weighted by molar-refractivity contribution is 6.31. The molecule has 3 nitrogen and oxygen atoms in total. The number of ether oxygens (including phenoxy) is 2. The summed E-state index contributed by atoms with van der Waals surface area (Å²) in [7, 11) is 1.77. The van der Waals surface area contributed by atoms with E-state index in [4.69, 9.17) is 26.8 Å². The van der Waals surface area contributed by atoms with Crippen molar-refractivity contribution in [1.82, 2.24) is 0 Å². The van der Waals surface area contributed by atoms with Gasteiger partial charge in [0.2, 0.25) is 0 Å². The molecule has 2 rings (SSSR count). The average Bonchev–Trinajstić information content (AvgIpc) is 2.40. The second-order valence-electron chi connectivity index (χ2n) is 4.81. The van der Waals surface area contributed by atoms with Gasteiger partial charge in [-0.25, -0.2) is 0 Å². The Hall–Kier alpha value is -0.770. The van der Waals surface area contributed by atoms with Crippen molar-refractivity contribution in [3.63, 3.8) is 0 Å². The van der Waals surface area contributed by atoms with Crippen LogP contribution in [0.5, 0.6) is 0 Å². The summed E-state index contributed by atoms with van der Waals surface area (Å²) in [6.45, 7) is 0.519. The molecule has 4 heteroatoms. The van der Waals surface area contributed by atoms with Crippen molar-refractivity contribution in [2.24, 2.45) is 0 Å². The number of anilines is 1. The highest BCUT2D eigenvalue weighted by atomic mass is 35.5. The van der Waals surface area contributed by atoms with Crippen LogP contribution in [0.3, 0.4) is 0 Å². The fourth-order valence-electron chi connectivity index (χ4n) is 2.38. The van der Waals surface area contributed by atoms with Crippen LogP contribution in [-0.2, 0) is 16.1 Å². The maximum absolute atomic E-state index is 6.11. The Morgan fingerprint density at radius 2 is 2.11 bits per heavy atom. The molecule has 1 fully saturated rings. The van der Waals surface area contributed by atoms with Crippen LogP contribution in [0.4, 0.5) is 5.69 Å². The second-order valence-corrected chi connectivity index (χ2v) is 5.22. The van der Waals surface area contributed by atoms with E-state index >= 15 is 0 Å². The molecule has 2 atom stereocenters. The fourth-order valence-corrected chi connectivity index (χ4v) is 2.55. The molecular formula is C14H20ClNO2. The molecule has 1 aliphatic carbocycles. The molecule has 0 aromatic heterocycles. The van der Waals surface area contributed by atoms with Gasteiger partial charge in [-0.2, -0.15) is 0 Å². The molecule has 1 aliphatic rings. The minimum Gasteiger partial charge on any atom is -0.399 e. The van der Waals surface area contributed by atoms with E-state index in [1.807, 2.05) is 12.1 Å². The summed E-state index contributed by atoms with van der Waals surface area (Å²) < 4.78 is 11.3. The van der Waals surface area contributed by atoms with E-state index in [0.717, 1.165) is 36.9 Å². The van der Waals surface area contributed by atoms with Crippen LogP contribution in [0, 0.1) is 0 Å². The maximum Gasteiger partial charge on any atom is 0.0735 e. The van der Waals surface area contributed by atoms with E-state index in [1.54, 1.807) is 13.2 Å². The molecule has 0 spiro atoms. The van der Waals surface area contributed by atoms with Gasteiger partial charge in [0.05, 0.1) is 18.8 Å². The first-order valence-corrected chi connectivity index (χ1v) is 6.75. The number of hydrogen-bond acceptors (Lipinski definition) is 3. The summed E-state index contributed by atoms with van der Waals surface area (Å²) in [6.07, 6.45) is 4.96. The van der Waals surface area contributed by atoms with Gasteiger partial charge in [0.1, 0.15) is 0 Å². The first-order valence-electron chi connectivity index (χ1n) is 6.37. The minimum absolute atomic E-state index is 0.265. The second kappa shape index (κ2) is 6.41. The van der Waals surface area contributed by atoms with Gasteiger partial charge in [-0.3, -0.25) is 0 Å². The number of nitrogens with two attached hydrogens (primary N) is 1. The molecule has 1 saturated carbocycles. The Labute approximate surface area is 113 Å². The number of methoxy groups -OCH3 is 1. The monoisotopic (exact) mass is 269 g/mol. The van der Waals surface area contributed by atoms with Gasteiger partial charge in [-0.05, 0) is 49.4 Å². The Bertz CT molecular complexity index is 397. The SMILES string of the molecule is COC1CCCC(OCc2cc(N)ccc2Cl)C1. The van der Waals surface area contributed by atoms with Gasteiger partial charge < -0.3 is 15.2 Å². The van der Waals surface area contributed by atoms with Gasteiger partial charge in [0, 0.05) is 17.8 Å². The largest absolute Gasteiger partial charge is 0.399 e. The molecule has 0 heterocycles. The first-order chi connectivity index (χ1) is 8.69. The van der Waals surface area contributed by atoms with Crippen LogP contribution < -0.4 is 5.73 Å². The number of rotatable bonds is 4. The van der Waals surface area contributed by atoms with E-state index in [1.165, 1.54) is 0 Å². The predicted molar refractivity (Wildman–Crippen MR) is 73.7 cm³/mol. The van der Waals surface area contributed by atoms with E-state index in [2.05, 4.69) is 0 Å². The minimum atomic E-state index is 0.265. The third-order valence-electron chi connectivity index (χ3n) is 3.46. The van der Waals surface area contributed by atoms with Gasteiger partial charge >= 0.3 is 0 Å². The smallest absolute Gasteiger partial charge is 0.0735 e. The molecule has 100 valence electrons. The van der Waals surface area contributed by atoms with Crippen LogP contribution >= 0.6 is 11.6 Å². The van der Waals surface area contributed by atoms with Gasteiger partial charge in [0.25, 0.3) is 0 Å². The molecule has 18 heavy (non-hydrogen) atoms. The van der Waals surface area contributed by atoms with Crippen molar-refractivity contribution < 1.29 is 9.47 Å². The van der Waals surface area contributed by atoms with Crippen molar-refractivity contribution in [2.75, 3.05) is 12.8 Å². The van der Waals surface area contributed by atoms with Crippen molar-refractivity contribution >= 4 is 17.3 Å². The zero-order valence-electron chi connectivity index (χ0n) is 10.7. The average molecular weight is 270 g/mol. The summed E-state index contributed by atoms with van der Waals surface area (Å²) in [5.41, 5.74) is 7.42. The molecule has 2 N–H and O–H groups in total. The third-order valence-corrected chi connectivity index (χ3v) is 3.82. The summed E-state index contributed by atoms with van der Waals surface area (Å²) >= 11 is 6.11. The van der Waals surface area contributed by atoms with E-state index in [9.17, 15) is 0 Å². The van der Waals surface area contributed by atoms with Crippen molar-refractivity contribution in [3.05, 3.63) is 28.8 Å². The number of benzene rings is 1. The standard InChI is InChI=1S/C14H20ClNO2/c1-17-12-3-2-4-13(8-12)18-9-10-7-11(16)5-6-14(10)15/h5-7,12-13H,2-4,8-9,16H2,1H3. The zero-order chi connectivity index (χ0) is 13.0. The molecule has 1 aromatic carbocycles. The Kier molecular flexibility index (Phi) is 4.87. The quantitative estimate of drug-likeness (QED) is 0.852. The Morgan fingerprint density at radius 3 is 2.89 bits per heavy atom. The lowest BCUT2D eigenvalue weighted by atomic mass is 9.95. The van der Waals surface area contributed by atoms with Crippen molar-refractivity contribution in [3.8, 4) is 0 Å². The normalized spacial score (nSPS) is 24.1. The lowest BCUT2D eigenvalue weighted by Crippen LogP contribution is -2.27. The van der Waals surface area contributed by atoms with Crippen LogP contribution in [0.25, 0.3) is 0 Å². The summed E-state index contributed by atoms with van der Waals surface area (Å²) in [5, 5.41) is 0.711. The Balaban J connectivity index is 1.89. The summed E-state index contributed by atoms with van der Waals surface area (Å²) in [4.78, 5) is 0. The summed E-state index contributed by atoms with van der Waals surface area (Å²) in [5.74, 6) is 0. The molecule has 0 amide bonds. The van der Waals surface area contributed by atoms with Gasteiger partial charge in [-0.15, -0.1) is 0 Å². The molecule has 2 unspecified atom stereocenters. The van der Waals surface area contributed by atoms with Crippen molar-refractivity contribution in [1.29, 1.82) is 0 Å². The highest BCUT2D eigenvalue weighted by Gasteiger charge is 2.22.